The second-order valence-corrected chi connectivity index (χ2v) is 11.3. The normalized spacial score (nSPS) is 11.4. The zero-order chi connectivity index (χ0) is 27.1. The molecule has 39 heavy (non-hydrogen) atoms. The maximum Gasteiger partial charge on any atom is 0.196 e. The van der Waals surface area contributed by atoms with Crippen molar-refractivity contribution in [3.05, 3.63) is 142 Å². The van der Waals surface area contributed by atoms with Crippen molar-refractivity contribution in [1.82, 2.24) is 0 Å². The van der Waals surface area contributed by atoms with Crippen molar-refractivity contribution in [2.45, 2.75) is 26.7 Å². The average molecular weight is 525 g/mol. The number of rotatable bonds is 5. The van der Waals surface area contributed by atoms with Crippen LogP contribution in [0, 0.1) is 6.92 Å². The molecule has 0 amide bonds. The summed E-state index contributed by atoms with van der Waals surface area (Å²) in [6.45, 7) is 6.35. The lowest BCUT2D eigenvalue weighted by molar-refractivity contribution is 0.104. The minimum atomic E-state index is -0.0750. The molecule has 0 radical (unpaired) electrons. The Balaban J connectivity index is 1.92. The van der Waals surface area contributed by atoms with E-state index in [4.69, 9.17) is 0 Å². The largest absolute Gasteiger partial charge is 0.289 e. The highest BCUT2D eigenvalue weighted by Gasteiger charge is 2.29. The van der Waals surface area contributed by atoms with Gasteiger partial charge < -0.3 is 0 Å². The highest BCUT2D eigenvalue weighted by molar-refractivity contribution is 7.25. The molecule has 3 heteroatoms. The lowest BCUT2D eigenvalue weighted by Crippen LogP contribution is -2.13. The van der Waals surface area contributed by atoms with Crippen molar-refractivity contribution in [3.63, 3.8) is 0 Å². The van der Waals surface area contributed by atoms with Gasteiger partial charge in [-0.2, -0.15) is 0 Å². The van der Waals surface area contributed by atoms with Crippen molar-refractivity contribution in [1.29, 1.82) is 0 Å². The third-order valence-electron chi connectivity index (χ3n) is 7.31. The topological polar surface area (TPSA) is 34.1 Å². The maximum atomic E-state index is 14.5. The van der Waals surface area contributed by atoms with E-state index in [0.717, 1.165) is 42.8 Å². The van der Waals surface area contributed by atoms with E-state index in [0.29, 0.717) is 21.9 Å². The summed E-state index contributed by atoms with van der Waals surface area (Å²) in [6, 6.07) is 35.7. The van der Waals surface area contributed by atoms with Gasteiger partial charge in [0, 0.05) is 32.2 Å². The Morgan fingerprint density at radius 2 is 1.28 bits per heavy atom. The highest BCUT2D eigenvalue weighted by Crippen LogP contribution is 2.47. The fourth-order valence-electron chi connectivity index (χ4n) is 5.50. The second-order valence-electron chi connectivity index (χ2n) is 10.3. The molecule has 6 rings (SSSR count). The van der Waals surface area contributed by atoms with E-state index in [1.807, 2.05) is 72.8 Å². The summed E-state index contributed by atoms with van der Waals surface area (Å²) in [6.07, 6.45) is 0. The Morgan fingerprint density at radius 3 is 1.95 bits per heavy atom. The predicted octanol–water partition coefficient (Wildman–Crippen LogP) is 9.41. The molecule has 0 saturated heterocycles. The summed E-state index contributed by atoms with van der Waals surface area (Å²) in [5.41, 5.74) is 7.14. The van der Waals surface area contributed by atoms with Crippen LogP contribution in [0.2, 0.25) is 0 Å². The van der Waals surface area contributed by atoms with Gasteiger partial charge >= 0.3 is 0 Å². The maximum absolute atomic E-state index is 14.5. The smallest absolute Gasteiger partial charge is 0.196 e. The number of ketones is 1. The molecular formula is C36H28O2S. The fourth-order valence-corrected chi connectivity index (χ4v) is 6.74. The molecule has 0 aliphatic rings. The van der Waals surface area contributed by atoms with Crippen LogP contribution in [-0.4, -0.2) is 5.78 Å². The van der Waals surface area contributed by atoms with Crippen LogP contribution >= 0.6 is 11.3 Å². The summed E-state index contributed by atoms with van der Waals surface area (Å²) in [5, 5.41) is 1.35. The van der Waals surface area contributed by atoms with Gasteiger partial charge in [-0.15, -0.1) is 11.3 Å². The lowest BCUT2D eigenvalue weighted by Gasteiger charge is -2.24. The van der Waals surface area contributed by atoms with Crippen molar-refractivity contribution in [2.24, 2.45) is 0 Å². The molecule has 0 N–H and O–H groups in total. The van der Waals surface area contributed by atoms with E-state index in [1.165, 1.54) is 0 Å². The van der Waals surface area contributed by atoms with Crippen LogP contribution in [0.25, 0.3) is 42.4 Å². The van der Waals surface area contributed by atoms with E-state index in [1.54, 1.807) is 11.3 Å². The molecule has 190 valence electrons. The van der Waals surface area contributed by atoms with Gasteiger partial charge in [0.05, 0.1) is 4.70 Å². The van der Waals surface area contributed by atoms with Gasteiger partial charge in [-0.05, 0) is 47.2 Å². The zero-order valence-corrected chi connectivity index (χ0v) is 23.0. The Labute approximate surface area is 232 Å². The van der Waals surface area contributed by atoms with E-state index < -0.39 is 0 Å². The number of hydrogen-bond donors (Lipinski definition) is 0. The predicted molar refractivity (Wildman–Crippen MR) is 165 cm³/mol. The third kappa shape index (κ3) is 4.29. The Bertz CT molecular complexity index is 1900. The molecule has 0 aliphatic carbocycles. The second kappa shape index (κ2) is 10.1. The van der Waals surface area contributed by atoms with Crippen LogP contribution in [0.4, 0.5) is 0 Å². The van der Waals surface area contributed by atoms with Gasteiger partial charge in [-0.1, -0.05) is 116 Å². The van der Waals surface area contributed by atoms with Crippen molar-refractivity contribution < 1.29 is 4.79 Å². The SMILES string of the molecule is Cc1ccc(-c2c(-c3ccccc3)c(C(=O)c3ccccc3)c3sc4ccccc4c(=O)c3c2C(C)C)cc1. The first-order valence-corrected chi connectivity index (χ1v) is 14.0. The average Bonchev–Trinajstić information content (AvgIpc) is 2.97. The molecule has 0 unspecified atom stereocenters. The Hall–Kier alpha value is -4.34. The first kappa shape index (κ1) is 25.0. The first-order valence-electron chi connectivity index (χ1n) is 13.2. The number of hydrogen-bond acceptors (Lipinski definition) is 3. The lowest BCUT2D eigenvalue weighted by atomic mass is 9.79. The summed E-state index contributed by atoms with van der Waals surface area (Å²) in [5.74, 6) is -0.0257. The van der Waals surface area contributed by atoms with Gasteiger partial charge in [0.25, 0.3) is 0 Å². The van der Waals surface area contributed by atoms with Crippen LogP contribution in [0.15, 0.2) is 114 Å². The number of carbonyl (C=O) groups excluding carboxylic acids is 1. The van der Waals surface area contributed by atoms with E-state index in [2.05, 4.69) is 57.2 Å². The number of carbonyl (C=O) groups is 1. The standard InChI is InChI=1S/C36H28O2S/c1-22(2)29-30(25-20-18-23(3)19-21-25)31(24-12-6-4-7-13-24)33(34(37)26-14-8-5-9-15-26)36-32(29)35(38)27-16-10-11-17-28(27)39-36/h4-22H,1-3H3. The van der Waals surface area contributed by atoms with Crippen molar-refractivity contribution in [2.75, 3.05) is 0 Å². The van der Waals surface area contributed by atoms with Gasteiger partial charge in [-0.25, -0.2) is 0 Å². The minimum absolute atomic E-state index is 0.0156. The van der Waals surface area contributed by atoms with Crippen molar-refractivity contribution in [3.8, 4) is 22.3 Å². The van der Waals surface area contributed by atoms with E-state index in [9.17, 15) is 9.59 Å². The Morgan fingerprint density at radius 1 is 0.692 bits per heavy atom. The van der Waals surface area contributed by atoms with Crippen LogP contribution in [0.5, 0.6) is 0 Å². The summed E-state index contributed by atoms with van der Waals surface area (Å²) >= 11 is 1.54. The molecule has 2 nitrogen and oxygen atoms in total. The van der Waals surface area contributed by atoms with Crippen LogP contribution in [0.3, 0.4) is 0 Å². The first-order chi connectivity index (χ1) is 19.0. The number of fused-ring (bicyclic) bond motifs is 2. The molecule has 0 saturated carbocycles. The monoisotopic (exact) mass is 524 g/mol. The molecule has 5 aromatic carbocycles. The van der Waals surface area contributed by atoms with Crippen LogP contribution < -0.4 is 5.43 Å². The van der Waals surface area contributed by atoms with Crippen LogP contribution in [0.1, 0.15) is 46.8 Å². The summed E-state index contributed by atoms with van der Waals surface area (Å²) in [4.78, 5) is 28.8. The minimum Gasteiger partial charge on any atom is -0.289 e. The van der Waals surface area contributed by atoms with Gasteiger partial charge in [0.15, 0.2) is 11.2 Å². The molecule has 1 heterocycles. The highest BCUT2D eigenvalue weighted by atomic mass is 32.1. The summed E-state index contributed by atoms with van der Waals surface area (Å²) in [7, 11) is 0. The van der Waals surface area contributed by atoms with E-state index >= 15 is 0 Å². The quantitative estimate of drug-likeness (QED) is 0.166. The fraction of sp³-hybridized carbons (Fsp3) is 0.111. The molecule has 1 aromatic heterocycles. The third-order valence-corrected chi connectivity index (χ3v) is 8.49. The van der Waals surface area contributed by atoms with Crippen LogP contribution in [-0.2, 0) is 0 Å². The molecule has 0 spiro atoms. The number of benzene rings is 5. The van der Waals surface area contributed by atoms with Gasteiger partial charge in [-0.3, -0.25) is 9.59 Å². The number of aryl methyl sites for hydroxylation is 1. The molecule has 0 bridgehead atoms. The zero-order valence-electron chi connectivity index (χ0n) is 22.2. The molecule has 0 fully saturated rings. The molecular weight excluding hydrogens is 496 g/mol. The molecule has 0 atom stereocenters. The molecule has 0 aliphatic heterocycles. The van der Waals surface area contributed by atoms with Gasteiger partial charge in [0.2, 0.25) is 0 Å². The summed E-state index contributed by atoms with van der Waals surface area (Å²) < 4.78 is 1.64. The van der Waals surface area contributed by atoms with E-state index in [-0.39, 0.29) is 17.1 Å². The molecule has 6 aromatic rings. The van der Waals surface area contributed by atoms with Gasteiger partial charge in [0.1, 0.15) is 0 Å². The van der Waals surface area contributed by atoms with Crippen molar-refractivity contribution >= 4 is 37.3 Å². The Kier molecular flexibility index (Phi) is 6.46.